The minimum atomic E-state index is 0.0732. The van der Waals surface area contributed by atoms with Crippen molar-refractivity contribution in [1.29, 1.82) is 0 Å². The Balaban J connectivity index is 1.90. The molecule has 0 spiro atoms. The molecule has 0 aromatic rings. The summed E-state index contributed by atoms with van der Waals surface area (Å²) < 4.78 is 0. The molecule has 2 N–H and O–H groups in total. The van der Waals surface area contributed by atoms with Crippen LogP contribution in [0.15, 0.2) is 0 Å². The van der Waals surface area contributed by atoms with Crippen molar-refractivity contribution in [2.24, 2.45) is 29.4 Å². The van der Waals surface area contributed by atoms with E-state index in [-0.39, 0.29) is 12.0 Å². The summed E-state index contributed by atoms with van der Waals surface area (Å²) in [5.41, 5.74) is 6.26. The molecular formula is C16H30N2O. The number of carbonyl (C=O) groups is 1. The average molecular weight is 266 g/mol. The quantitative estimate of drug-likeness (QED) is 0.835. The first-order valence-electron chi connectivity index (χ1n) is 8.05. The number of rotatable bonds is 2. The van der Waals surface area contributed by atoms with Gasteiger partial charge in [0.1, 0.15) is 0 Å². The summed E-state index contributed by atoms with van der Waals surface area (Å²) >= 11 is 0. The highest BCUT2D eigenvalue weighted by atomic mass is 16.2. The predicted octanol–water partition coefficient (Wildman–Crippen LogP) is 2.64. The smallest absolute Gasteiger partial charge is 0.227 e. The fraction of sp³-hybridized carbons (Fsp3) is 0.938. The van der Waals surface area contributed by atoms with Gasteiger partial charge in [-0.3, -0.25) is 4.79 Å². The average Bonchev–Trinajstić information content (AvgIpc) is 2.41. The number of piperidine rings is 1. The third kappa shape index (κ3) is 3.31. The van der Waals surface area contributed by atoms with E-state index in [0.29, 0.717) is 11.8 Å². The van der Waals surface area contributed by atoms with Crippen molar-refractivity contribution >= 4 is 5.91 Å². The molecule has 3 atom stereocenters. The lowest BCUT2D eigenvalue weighted by molar-refractivity contribution is -0.139. The molecule has 1 amide bonds. The molecule has 110 valence electrons. The molecule has 2 fully saturated rings. The first-order valence-corrected chi connectivity index (χ1v) is 8.05. The number of nitrogens with zero attached hydrogens (tertiary/aromatic N) is 1. The number of amides is 1. The molecule has 0 aromatic heterocycles. The molecule has 1 saturated carbocycles. The van der Waals surface area contributed by atoms with Gasteiger partial charge in [-0.25, -0.2) is 0 Å². The highest BCUT2D eigenvalue weighted by Crippen LogP contribution is 2.31. The molecular weight excluding hydrogens is 236 g/mol. The molecule has 1 heterocycles. The van der Waals surface area contributed by atoms with Gasteiger partial charge in [0.25, 0.3) is 0 Å². The maximum Gasteiger partial charge on any atom is 0.227 e. The maximum atomic E-state index is 12.6. The van der Waals surface area contributed by atoms with Crippen molar-refractivity contribution in [2.45, 2.75) is 58.9 Å². The first kappa shape index (κ1) is 14.8. The highest BCUT2D eigenvalue weighted by Gasteiger charge is 2.36. The van der Waals surface area contributed by atoms with E-state index >= 15 is 0 Å². The van der Waals surface area contributed by atoms with Crippen LogP contribution in [0.5, 0.6) is 0 Å². The van der Waals surface area contributed by atoms with Crippen LogP contribution in [0.2, 0.25) is 0 Å². The van der Waals surface area contributed by atoms with Crippen LogP contribution in [0.25, 0.3) is 0 Å². The molecule has 3 unspecified atom stereocenters. The second-order valence-electron chi connectivity index (χ2n) is 7.00. The van der Waals surface area contributed by atoms with Gasteiger partial charge in [-0.1, -0.05) is 27.2 Å². The SMILES string of the molecule is CC(C)C1CCN(C(=O)C2CCCC(C)C2N)CC1. The van der Waals surface area contributed by atoms with E-state index < -0.39 is 0 Å². The van der Waals surface area contributed by atoms with Crippen molar-refractivity contribution in [2.75, 3.05) is 13.1 Å². The number of hydrogen-bond acceptors (Lipinski definition) is 2. The van der Waals surface area contributed by atoms with Gasteiger partial charge in [0.15, 0.2) is 0 Å². The molecule has 3 heteroatoms. The second-order valence-corrected chi connectivity index (χ2v) is 7.00. The molecule has 0 radical (unpaired) electrons. The molecule has 1 aliphatic carbocycles. The first-order chi connectivity index (χ1) is 9.00. The molecule has 19 heavy (non-hydrogen) atoms. The lowest BCUT2D eigenvalue weighted by Gasteiger charge is -2.39. The summed E-state index contributed by atoms with van der Waals surface area (Å²) in [7, 11) is 0. The van der Waals surface area contributed by atoms with Crippen LogP contribution in [-0.4, -0.2) is 29.9 Å². The van der Waals surface area contributed by atoms with Crippen molar-refractivity contribution < 1.29 is 4.79 Å². The van der Waals surface area contributed by atoms with E-state index in [1.54, 1.807) is 0 Å². The van der Waals surface area contributed by atoms with Crippen molar-refractivity contribution in [3.8, 4) is 0 Å². The maximum absolute atomic E-state index is 12.6. The lowest BCUT2D eigenvalue weighted by Crippen LogP contribution is -2.50. The molecule has 2 aliphatic rings. The van der Waals surface area contributed by atoms with E-state index in [0.717, 1.165) is 37.8 Å². The molecule has 0 bridgehead atoms. The summed E-state index contributed by atoms with van der Waals surface area (Å²) in [4.78, 5) is 14.7. The summed E-state index contributed by atoms with van der Waals surface area (Å²) in [5, 5.41) is 0. The van der Waals surface area contributed by atoms with Gasteiger partial charge in [0, 0.05) is 19.1 Å². The van der Waals surface area contributed by atoms with Crippen molar-refractivity contribution in [1.82, 2.24) is 4.90 Å². The molecule has 3 nitrogen and oxygen atoms in total. The van der Waals surface area contributed by atoms with Gasteiger partial charge in [-0.15, -0.1) is 0 Å². The summed E-state index contributed by atoms with van der Waals surface area (Å²) in [6, 6.07) is 0.0732. The standard InChI is InChI=1S/C16H30N2O/c1-11(2)13-7-9-18(10-8-13)16(19)14-6-4-5-12(3)15(14)17/h11-15H,4-10,17H2,1-3H3. The Hall–Kier alpha value is -0.570. The van der Waals surface area contributed by atoms with E-state index in [2.05, 4.69) is 25.7 Å². The Morgan fingerprint density at radius 2 is 1.79 bits per heavy atom. The Kier molecular flexibility index (Phi) is 4.88. The zero-order valence-electron chi connectivity index (χ0n) is 12.8. The Morgan fingerprint density at radius 3 is 2.37 bits per heavy atom. The van der Waals surface area contributed by atoms with Crippen LogP contribution in [-0.2, 0) is 4.79 Å². The summed E-state index contributed by atoms with van der Waals surface area (Å²) in [6.07, 6.45) is 5.67. The van der Waals surface area contributed by atoms with Gasteiger partial charge in [0.2, 0.25) is 5.91 Å². The molecule has 2 rings (SSSR count). The van der Waals surface area contributed by atoms with E-state index in [4.69, 9.17) is 5.73 Å². The Bertz CT molecular complexity index is 308. The van der Waals surface area contributed by atoms with Gasteiger partial charge in [-0.05, 0) is 43.4 Å². The third-order valence-corrected chi connectivity index (χ3v) is 5.41. The topological polar surface area (TPSA) is 46.3 Å². The Labute approximate surface area is 117 Å². The predicted molar refractivity (Wildman–Crippen MR) is 78.6 cm³/mol. The fourth-order valence-corrected chi connectivity index (χ4v) is 3.75. The zero-order chi connectivity index (χ0) is 14.0. The third-order valence-electron chi connectivity index (χ3n) is 5.41. The number of hydrogen-bond donors (Lipinski definition) is 1. The van der Waals surface area contributed by atoms with Gasteiger partial charge >= 0.3 is 0 Å². The van der Waals surface area contributed by atoms with Crippen LogP contribution in [0, 0.1) is 23.7 Å². The Morgan fingerprint density at radius 1 is 1.16 bits per heavy atom. The largest absolute Gasteiger partial charge is 0.342 e. The number of nitrogens with two attached hydrogens (primary N) is 1. The lowest BCUT2D eigenvalue weighted by atomic mass is 9.77. The van der Waals surface area contributed by atoms with Crippen molar-refractivity contribution in [3.63, 3.8) is 0 Å². The molecule has 0 aromatic carbocycles. The number of likely N-dealkylation sites (tertiary alicyclic amines) is 1. The minimum Gasteiger partial charge on any atom is -0.342 e. The zero-order valence-corrected chi connectivity index (χ0v) is 12.8. The normalized spacial score (nSPS) is 33.7. The summed E-state index contributed by atoms with van der Waals surface area (Å²) in [5.74, 6) is 2.45. The number of carbonyl (C=O) groups excluding carboxylic acids is 1. The van der Waals surface area contributed by atoms with Crippen LogP contribution < -0.4 is 5.73 Å². The molecule has 1 saturated heterocycles. The van der Waals surface area contributed by atoms with Gasteiger partial charge < -0.3 is 10.6 Å². The summed E-state index contributed by atoms with van der Waals surface area (Å²) in [6.45, 7) is 8.66. The fourth-order valence-electron chi connectivity index (χ4n) is 3.75. The minimum absolute atomic E-state index is 0.0732. The van der Waals surface area contributed by atoms with Crippen molar-refractivity contribution in [3.05, 3.63) is 0 Å². The van der Waals surface area contributed by atoms with Crippen LogP contribution in [0.1, 0.15) is 52.9 Å². The highest BCUT2D eigenvalue weighted by molar-refractivity contribution is 5.79. The van der Waals surface area contributed by atoms with Gasteiger partial charge in [-0.2, -0.15) is 0 Å². The monoisotopic (exact) mass is 266 g/mol. The second kappa shape index (κ2) is 6.25. The van der Waals surface area contributed by atoms with E-state index in [1.807, 2.05) is 0 Å². The van der Waals surface area contributed by atoms with Crippen LogP contribution in [0.3, 0.4) is 0 Å². The van der Waals surface area contributed by atoms with E-state index in [1.165, 1.54) is 19.3 Å². The van der Waals surface area contributed by atoms with Gasteiger partial charge in [0.05, 0.1) is 5.92 Å². The van der Waals surface area contributed by atoms with E-state index in [9.17, 15) is 4.79 Å². The van der Waals surface area contributed by atoms with Crippen LogP contribution in [0.4, 0.5) is 0 Å². The van der Waals surface area contributed by atoms with Crippen LogP contribution >= 0.6 is 0 Å². The molecule has 1 aliphatic heterocycles.